The van der Waals surface area contributed by atoms with Crippen molar-refractivity contribution in [2.75, 3.05) is 25.4 Å². The number of para-hydroxylation sites is 1. The van der Waals surface area contributed by atoms with Crippen molar-refractivity contribution in [3.8, 4) is 5.75 Å². The minimum absolute atomic E-state index is 0.330. The van der Waals surface area contributed by atoms with Crippen molar-refractivity contribution in [1.82, 2.24) is 4.90 Å². The number of carboxylic acid groups (broad SMARTS) is 1. The molecule has 5 nitrogen and oxygen atoms in total. The van der Waals surface area contributed by atoms with Gasteiger partial charge in [-0.15, -0.1) is 0 Å². The molecular formula is C25H37NO4S. The molecule has 1 aromatic rings. The Morgan fingerprint density at radius 3 is 2.65 bits per heavy atom. The van der Waals surface area contributed by atoms with Crippen LogP contribution in [0.1, 0.15) is 57.8 Å². The molecule has 3 aliphatic rings. The van der Waals surface area contributed by atoms with Crippen molar-refractivity contribution in [2.45, 2.75) is 81.3 Å². The van der Waals surface area contributed by atoms with Gasteiger partial charge in [-0.2, -0.15) is 11.8 Å². The molecule has 3 atom stereocenters. The lowest BCUT2D eigenvalue weighted by atomic mass is 9.84. The first-order chi connectivity index (χ1) is 15.2. The summed E-state index contributed by atoms with van der Waals surface area (Å²) in [6.07, 6.45) is 9.78. The summed E-state index contributed by atoms with van der Waals surface area (Å²) in [5.41, 5.74) is 0. The van der Waals surface area contributed by atoms with Crippen molar-refractivity contribution in [1.29, 1.82) is 0 Å². The third kappa shape index (κ3) is 6.62. The highest BCUT2D eigenvalue weighted by Gasteiger charge is 2.34. The monoisotopic (exact) mass is 447 g/mol. The normalized spacial score (nSPS) is 30.3. The van der Waals surface area contributed by atoms with E-state index >= 15 is 0 Å². The van der Waals surface area contributed by atoms with Gasteiger partial charge in [0, 0.05) is 30.1 Å². The number of ether oxygens (including phenoxy) is 2. The predicted molar refractivity (Wildman–Crippen MR) is 125 cm³/mol. The molecule has 3 unspecified atom stereocenters. The van der Waals surface area contributed by atoms with E-state index in [0.29, 0.717) is 24.2 Å². The number of fused-ring (bicyclic) bond motifs is 1. The molecule has 1 aromatic carbocycles. The van der Waals surface area contributed by atoms with Crippen LogP contribution < -0.4 is 4.74 Å². The second-order valence-electron chi connectivity index (χ2n) is 9.30. The minimum atomic E-state index is -0.872. The predicted octanol–water partition coefficient (Wildman–Crippen LogP) is 4.84. The quantitative estimate of drug-likeness (QED) is 0.584. The highest BCUT2D eigenvalue weighted by molar-refractivity contribution is 8.00. The van der Waals surface area contributed by atoms with Crippen molar-refractivity contribution in [3.05, 3.63) is 30.3 Å². The van der Waals surface area contributed by atoms with Crippen LogP contribution in [-0.2, 0) is 9.53 Å². The molecule has 1 N–H and O–H groups in total. The van der Waals surface area contributed by atoms with Crippen molar-refractivity contribution >= 4 is 17.7 Å². The maximum atomic E-state index is 11.7. The Labute approximate surface area is 190 Å². The van der Waals surface area contributed by atoms with Crippen LogP contribution in [0.25, 0.3) is 0 Å². The van der Waals surface area contributed by atoms with Crippen LogP contribution in [0.4, 0.5) is 0 Å². The van der Waals surface area contributed by atoms with E-state index in [4.69, 9.17) is 9.47 Å². The second kappa shape index (κ2) is 11.6. The molecular weight excluding hydrogens is 410 g/mol. The summed E-state index contributed by atoms with van der Waals surface area (Å²) in [7, 11) is 0. The Balaban J connectivity index is 1.16. The van der Waals surface area contributed by atoms with E-state index in [1.165, 1.54) is 38.0 Å². The Hall–Kier alpha value is -1.24. The third-order valence-corrected chi connectivity index (χ3v) is 8.61. The van der Waals surface area contributed by atoms with E-state index in [9.17, 15) is 9.90 Å². The summed E-state index contributed by atoms with van der Waals surface area (Å²) in [4.78, 5) is 14.4. The number of thioether (sulfide) groups is 1. The summed E-state index contributed by atoms with van der Waals surface area (Å²) < 4.78 is 12.0. The first-order valence-corrected chi connectivity index (χ1v) is 13.2. The molecule has 1 saturated heterocycles. The van der Waals surface area contributed by atoms with Gasteiger partial charge in [0.25, 0.3) is 0 Å². The Morgan fingerprint density at radius 2 is 1.87 bits per heavy atom. The number of benzene rings is 1. The number of carboxylic acids is 1. The molecule has 1 aliphatic heterocycles. The molecule has 0 amide bonds. The topological polar surface area (TPSA) is 59.0 Å². The summed E-state index contributed by atoms with van der Waals surface area (Å²) in [5.74, 6) is 1.42. The molecule has 0 spiro atoms. The van der Waals surface area contributed by atoms with Crippen LogP contribution >= 0.6 is 11.8 Å². The van der Waals surface area contributed by atoms with Gasteiger partial charge < -0.3 is 14.6 Å². The fourth-order valence-electron chi connectivity index (χ4n) is 5.49. The zero-order valence-corrected chi connectivity index (χ0v) is 19.3. The standard InChI is InChI=1S/C25H37NO4S/c27-25(28)23(30-21-6-2-1-3-7-21)18-19-10-12-20(13-11-19)29-16-14-26-15-17-31-24-9-5-4-8-22(24)26/h1-3,6-7,19-20,22-24H,4-5,8-18H2,(H,27,28). The van der Waals surface area contributed by atoms with Gasteiger partial charge in [0.2, 0.25) is 0 Å². The molecule has 6 heteroatoms. The zero-order valence-electron chi connectivity index (χ0n) is 18.5. The number of rotatable bonds is 9. The molecule has 0 aromatic heterocycles. The Bertz CT molecular complexity index is 677. The molecule has 31 heavy (non-hydrogen) atoms. The highest BCUT2D eigenvalue weighted by atomic mass is 32.2. The van der Waals surface area contributed by atoms with E-state index in [0.717, 1.165) is 50.1 Å². The summed E-state index contributed by atoms with van der Waals surface area (Å²) >= 11 is 2.19. The van der Waals surface area contributed by atoms with Crippen LogP contribution in [0.5, 0.6) is 5.75 Å². The number of carbonyl (C=O) groups is 1. The molecule has 3 fully saturated rings. The van der Waals surface area contributed by atoms with E-state index < -0.39 is 12.1 Å². The lowest BCUT2D eigenvalue weighted by Gasteiger charge is -2.43. The van der Waals surface area contributed by atoms with Gasteiger partial charge in [-0.25, -0.2) is 4.79 Å². The number of nitrogens with zero attached hydrogens (tertiary/aromatic N) is 1. The van der Waals surface area contributed by atoms with Gasteiger partial charge in [-0.1, -0.05) is 31.0 Å². The van der Waals surface area contributed by atoms with Crippen LogP contribution in [-0.4, -0.2) is 64.9 Å². The Kier molecular flexibility index (Phi) is 8.56. The highest BCUT2D eigenvalue weighted by Crippen LogP contribution is 2.35. The lowest BCUT2D eigenvalue weighted by Crippen LogP contribution is -2.50. The van der Waals surface area contributed by atoms with Gasteiger partial charge in [-0.05, 0) is 63.0 Å². The number of hydrogen-bond donors (Lipinski definition) is 1. The summed E-state index contributed by atoms with van der Waals surface area (Å²) in [5, 5.41) is 10.4. The molecule has 1 heterocycles. The van der Waals surface area contributed by atoms with Crippen molar-refractivity contribution < 1.29 is 19.4 Å². The number of aliphatic carboxylic acids is 1. The SMILES string of the molecule is O=C(O)C(CC1CCC(OCCN2CCSC3CCCCC32)CC1)Oc1ccccc1. The van der Waals surface area contributed by atoms with Crippen molar-refractivity contribution in [3.63, 3.8) is 0 Å². The van der Waals surface area contributed by atoms with Gasteiger partial charge in [0.1, 0.15) is 5.75 Å². The minimum Gasteiger partial charge on any atom is -0.479 e. The first-order valence-electron chi connectivity index (χ1n) is 12.1. The third-order valence-electron chi connectivity index (χ3n) is 7.22. The average molecular weight is 448 g/mol. The van der Waals surface area contributed by atoms with E-state index in [2.05, 4.69) is 16.7 Å². The van der Waals surface area contributed by atoms with E-state index in [-0.39, 0.29) is 0 Å². The molecule has 2 saturated carbocycles. The lowest BCUT2D eigenvalue weighted by molar-refractivity contribution is -0.146. The maximum Gasteiger partial charge on any atom is 0.344 e. The van der Waals surface area contributed by atoms with Crippen LogP contribution in [0, 0.1) is 5.92 Å². The molecule has 2 aliphatic carbocycles. The largest absolute Gasteiger partial charge is 0.479 e. The first kappa shape index (κ1) is 22.9. The van der Waals surface area contributed by atoms with Gasteiger partial charge in [0.05, 0.1) is 12.7 Å². The summed E-state index contributed by atoms with van der Waals surface area (Å²) in [6, 6.07) is 10.0. The molecule has 172 valence electrons. The van der Waals surface area contributed by atoms with Gasteiger partial charge >= 0.3 is 5.97 Å². The number of hydrogen-bond acceptors (Lipinski definition) is 5. The average Bonchev–Trinajstić information content (AvgIpc) is 2.80. The summed E-state index contributed by atoms with van der Waals surface area (Å²) in [6.45, 7) is 3.10. The maximum absolute atomic E-state index is 11.7. The molecule has 0 bridgehead atoms. The molecule has 0 radical (unpaired) electrons. The van der Waals surface area contributed by atoms with Crippen molar-refractivity contribution in [2.24, 2.45) is 5.92 Å². The van der Waals surface area contributed by atoms with Crippen LogP contribution in [0.2, 0.25) is 0 Å². The van der Waals surface area contributed by atoms with E-state index in [1.807, 2.05) is 30.3 Å². The Morgan fingerprint density at radius 1 is 1.10 bits per heavy atom. The molecule has 4 rings (SSSR count). The van der Waals surface area contributed by atoms with E-state index in [1.54, 1.807) is 0 Å². The van der Waals surface area contributed by atoms with Crippen LogP contribution in [0.3, 0.4) is 0 Å². The fourth-order valence-corrected chi connectivity index (χ4v) is 7.00. The van der Waals surface area contributed by atoms with Gasteiger partial charge in [-0.3, -0.25) is 4.90 Å². The van der Waals surface area contributed by atoms with Crippen LogP contribution in [0.15, 0.2) is 30.3 Å². The van der Waals surface area contributed by atoms with Gasteiger partial charge in [0.15, 0.2) is 6.10 Å². The fraction of sp³-hybridized carbons (Fsp3) is 0.720. The smallest absolute Gasteiger partial charge is 0.344 e. The zero-order chi connectivity index (χ0) is 21.5. The second-order valence-corrected chi connectivity index (χ2v) is 10.7.